The Bertz CT molecular complexity index is 1160. The molecule has 260 valence electrons. The van der Waals surface area contributed by atoms with Gasteiger partial charge < -0.3 is 30.2 Å². The van der Waals surface area contributed by atoms with Gasteiger partial charge in [-0.25, -0.2) is 30.0 Å². The third-order valence-electron chi connectivity index (χ3n) is 8.05. The van der Waals surface area contributed by atoms with Crippen molar-refractivity contribution in [2.75, 3.05) is 82.1 Å². The fourth-order valence-corrected chi connectivity index (χ4v) is 5.43. The van der Waals surface area contributed by atoms with Crippen molar-refractivity contribution < 1.29 is 0 Å². The first-order chi connectivity index (χ1) is 21.9. The first-order valence-corrected chi connectivity index (χ1v) is 16.9. The minimum atomic E-state index is -0.189. The minimum Gasteiger partial charge on any atom is -0.356 e. The molecule has 0 amide bonds. The van der Waals surface area contributed by atoms with Crippen LogP contribution in [0.5, 0.6) is 0 Å². The number of hydrogen-bond acceptors (Lipinski definition) is 15. The molecule has 3 unspecified atom stereocenters. The molecule has 0 fully saturated rings. The van der Waals surface area contributed by atoms with Crippen LogP contribution in [0.2, 0.25) is 0 Å². The zero-order valence-corrected chi connectivity index (χ0v) is 30.4. The quantitative estimate of drug-likeness (QED) is 0.256. The predicted molar refractivity (Wildman–Crippen MR) is 193 cm³/mol. The molecule has 0 aromatic rings. The third kappa shape index (κ3) is 10.4. The average Bonchev–Trinajstić information content (AvgIpc) is 3.01. The van der Waals surface area contributed by atoms with E-state index in [1.54, 1.807) is 0 Å². The molecule has 3 rings (SSSR count). The smallest absolute Gasteiger partial charge is 0.205 e. The van der Waals surface area contributed by atoms with Crippen molar-refractivity contribution in [3.63, 3.8) is 0 Å². The van der Waals surface area contributed by atoms with E-state index in [0.29, 0.717) is 0 Å². The highest BCUT2D eigenvalue weighted by atomic mass is 15.5. The molecule has 3 atom stereocenters. The Hall–Kier alpha value is -3.78. The van der Waals surface area contributed by atoms with Crippen LogP contribution in [0.1, 0.15) is 66.2 Å². The number of unbranched alkanes of at least 4 members (excludes halogenated alkanes) is 3. The molecule has 0 aliphatic carbocycles. The third-order valence-corrected chi connectivity index (χ3v) is 8.05. The topological polar surface area (TPSA) is 130 Å². The van der Waals surface area contributed by atoms with Crippen LogP contribution in [0.3, 0.4) is 0 Å². The Kier molecular flexibility index (Phi) is 14.2. The lowest BCUT2D eigenvalue weighted by atomic mass is 10.2. The van der Waals surface area contributed by atoms with Gasteiger partial charge in [0.25, 0.3) is 0 Å². The van der Waals surface area contributed by atoms with Crippen LogP contribution in [-0.4, -0.2) is 166 Å². The Balaban J connectivity index is 1.51. The number of aliphatic imine (C=N–C) groups is 6. The summed E-state index contributed by atoms with van der Waals surface area (Å²) in [5, 5.41) is 10.4. The van der Waals surface area contributed by atoms with Crippen molar-refractivity contribution in [2.45, 2.75) is 84.7 Å². The molecule has 3 N–H and O–H groups in total. The second-order valence-electron chi connectivity index (χ2n) is 12.5. The number of rotatable bonds is 13. The maximum absolute atomic E-state index is 5.00. The van der Waals surface area contributed by atoms with E-state index in [1.807, 2.05) is 56.7 Å². The lowest BCUT2D eigenvalue weighted by molar-refractivity contribution is 0.411. The highest BCUT2D eigenvalue weighted by Crippen LogP contribution is 2.13. The fraction of sp³-hybridized carbons (Fsp3) is 0.806. The summed E-state index contributed by atoms with van der Waals surface area (Å²) in [4.78, 5) is 41.5. The Morgan fingerprint density at radius 1 is 0.652 bits per heavy atom. The summed E-state index contributed by atoms with van der Waals surface area (Å²) in [6, 6.07) is 0. The first-order valence-electron chi connectivity index (χ1n) is 16.9. The van der Waals surface area contributed by atoms with E-state index in [9.17, 15) is 0 Å². The lowest BCUT2D eigenvalue weighted by Gasteiger charge is -2.34. The second kappa shape index (κ2) is 17.8. The van der Waals surface area contributed by atoms with Crippen LogP contribution in [0.15, 0.2) is 30.0 Å². The molecular weight excluding hydrogens is 582 g/mol. The van der Waals surface area contributed by atoms with Gasteiger partial charge in [0.05, 0.1) is 0 Å². The van der Waals surface area contributed by atoms with Crippen molar-refractivity contribution in [1.29, 1.82) is 0 Å². The Morgan fingerprint density at radius 3 is 1.89 bits per heavy atom. The molecule has 3 aliphatic heterocycles. The maximum Gasteiger partial charge on any atom is 0.205 e. The van der Waals surface area contributed by atoms with E-state index >= 15 is 0 Å². The van der Waals surface area contributed by atoms with Crippen LogP contribution in [0.25, 0.3) is 0 Å². The standard InChI is InChI=1S/C31H61N15/c1-12-14-16-20-42(7)28-35-23(3)36-29(40-28)43(8)22-18-25-38-27(45(10)30(39-25)41(5)6)33-19-15-17-21-44(9)31-37-24(4)34-26(32-13-2)46(31)11/h23-25H,12-22H2,1-11H3,(H,32,34)(H,33,38)(H,35,36,40). The van der Waals surface area contributed by atoms with Gasteiger partial charge in [-0.05, 0) is 40.0 Å². The van der Waals surface area contributed by atoms with Crippen molar-refractivity contribution in [2.24, 2.45) is 30.0 Å². The molecule has 0 saturated heterocycles. The number of nitrogens with zero attached hydrogens (tertiary/aromatic N) is 12. The summed E-state index contributed by atoms with van der Waals surface area (Å²) in [5.41, 5.74) is 0. The highest BCUT2D eigenvalue weighted by molar-refractivity contribution is 6.01. The summed E-state index contributed by atoms with van der Waals surface area (Å²) in [6.45, 7) is 12.6. The summed E-state index contributed by atoms with van der Waals surface area (Å²) in [5.74, 6) is 5.26. The summed E-state index contributed by atoms with van der Waals surface area (Å²) in [7, 11) is 14.3. The van der Waals surface area contributed by atoms with E-state index in [4.69, 9.17) is 25.0 Å². The lowest BCUT2D eigenvalue weighted by Crippen LogP contribution is -2.52. The number of nitrogens with one attached hydrogen (secondary N) is 3. The molecule has 0 spiro atoms. The monoisotopic (exact) mass is 644 g/mol. The van der Waals surface area contributed by atoms with Crippen LogP contribution >= 0.6 is 0 Å². The molecule has 15 heteroatoms. The van der Waals surface area contributed by atoms with E-state index in [-0.39, 0.29) is 18.5 Å². The fourth-order valence-electron chi connectivity index (χ4n) is 5.43. The van der Waals surface area contributed by atoms with E-state index in [1.165, 1.54) is 12.8 Å². The summed E-state index contributed by atoms with van der Waals surface area (Å²) in [6.07, 6.45) is 5.95. The second-order valence-corrected chi connectivity index (χ2v) is 12.5. The van der Waals surface area contributed by atoms with Gasteiger partial charge in [-0.15, -0.1) is 0 Å². The van der Waals surface area contributed by atoms with Gasteiger partial charge in [0.15, 0.2) is 0 Å². The van der Waals surface area contributed by atoms with Gasteiger partial charge in [0.1, 0.15) is 18.5 Å². The van der Waals surface area contributed by atoms with Crippen molar-refractivity contribution in [3.05, 3.63) is 0 Å². The molecule has 0 bridgehead atoms. The molecule has 0 radical (unpaired) electrons. The summed E-state index contributed by atoms with van der Waals surface area (Å²) < 4.78 is 0. The maximum atomic E-state index is 5.00. The molecule has 0 aromatic heterocycles. The van der Waals surface area contributed by atoms with Gasteiger partial charge in [-0.2, -0.15) is 0 Å². The first kappa shape index (κ1) is 36.7. The molecule has 3 aliphatic rings. The largest absolute Gasteiger partial charge is 0.356 e. The number of guanidine groups is 6. The van der Waals surface area contributed by atoms with Crippen LogP contribution in [0, 0.1) is 0 Å². The Labute approximate surface area is 277 Å². The highest BCUT2D eigenvalue weighted by Gasteiger charge is 2.26. The molecule has 15 nitrogen and oxygen atoms in total. The zero-order valence-electron chi connectivity index (χ0n) is 30.4. The molecular formula is C31H61N15. The summed E-state index contributed by atoms with van der Waals surface area (Å²) >= 11 is 0. The van der Waals surface area contributed by atoms with Gasteiger partial charge in [0.2, 0.25) is 35.8 Å². The van der Waals surface area contributed by atoms with Gasteiger partial charge in [0, 0.05) is 88.5 Å². The normalized spacial score (nSPS) is 21.2. The molecule has 3 heterocycles. The molecule has 46 heavy (non-hydrogen) atoms. The van der Waals surface area contributed by atoms with E-state index in [2.05, 4.69) is 70.6 Å². The number of hydrogen-bond donors (Lipinski definition) is 3. The SMILES string of the molecule is CCCCCN(C)C1=NC(C)N=C(N(C)CCC2N=C(NCCCCN(C)C3=NC(C)N=C(NCC)N3C)N(C)C(N(C)C)=N2)N1. The molecule has 0 aromatic carbocycles. The van der Waals surface area contributed by atoms with Crippen LogP contribution in [-0.2, 0) is 0 Å². The Morgan fingerprint density at radius 2 is 1.24 bits per heavy atom. The van der Waals surface area contributed by atoms with Crippen molar-refractivity contribution in [3.8, 4) is 0 Å². The zero-order chi connectivity index (χ0) is 33.8. The van der Waals surface area contributed by atoms with Crippen molar-refractivity contribution >= 4 is 35.8 Å². The van der Waals surface area contributed by atoms with Gasteiger partial charge in [-0.3, -0.25) is 15.1 Å². The van der Waals surface area contributed by atoms with Crippen LogP contribution in [0.4, 0.5) is 0 Å². The molecule has 0 saturated carbocycles. The predicted octanol–water partition coefficient (Wildman–Crippen LogP) is 1.55. The van der Waals surface area contributed by atoms with Crippen molar-refractivity contribution in [1.82, 2.24) is 45.3 Å². The van der Waals surface area contributed by atoms with Gasteiger partial charge in [-0.1, -0.05) is 19.8 Å². The van der Waals surface area contributed by atoms with Gasteiger partial charge >= 0.3 is 0 Å². The minimum absolute atomic E-state index is 0.0895. The van der Waals surface area contributed by atoms with E-state index in [0.717, 1.165) is 94.2 Å². The average molecular weight is 644 g/mol. The van der Waals surface area contributed by atoms with E-state index < -0.39 is 0 Å². The van der Waals surface area contributed by atoms with Crippen LogP contribution < -0.4 is 16.0 Å².